The minimum absolute atomic E-state index is 0.168. The topological polar surface area (TPSA) is 50.3 Å². The molecule has 0 aliphatic carbocycles. The Morgan fingerprint density at radius 1 is 1.50 bits per heavy atom. The average Bonchev–Trinajstić information content (AvgIpc) is 2.40. The number of hydrogen-bond acceptors (Lipinski definition) is 5. The standard InChI is InChI=1S/C13H22N4O/c1-3-4-16-13(11-7-14-10-15-8-11)12-9-17(2)5-6-18-12/h7-8,10,12-13,16H,3-6,9H2,1-2H3. The van der Waals surface area contributed by atoms with Crippen LogP contribution in [-0.4, -0.2) is 54.3 Å². The van der Waals surface area contributed by atoms with Crippen LogP contribution < -0.4 is 5.32 Å². The minimum atomic E-state index is 0.168. The molecule has 2 atom stereocenters. The summed E-state index contributed by atoms with van der Waals surface area (Å²) < 4.78 is 5.90. The van der Waals surface area contributed by atoms with Crippen LogP contribution in [0.1, 0.15) is 24.9 Å². The van der Waals surface area contributed by atoms with E-state index < -0.39 is 0 Å². The van der Waals surface area contributed by atoms with Gasteiger partial charge in [-0.05, 0) is 20.0 Å². The molecule has 1 aliphatic heterocycles. The van der Waals surface area contributed by atoms with Gasteiger partial charge < -0.3 is 15.0 Å². The van der Waals surface area contributed by atoms with Gasteiger partial charge in [0.25, 0.3) is 0 Å². The van der Waals surface area contributed by atoms with Gasteiger partial charge in [0.1, 0.15) is 6.33 Å². The van der Waals surface area contributed by atoms with Crippen LogP contribution in [0.15, 0.2) is 18.7 Å². The van der Waals surface area contributed by atoms with E-state index >= 15 is 0 Å². The summed E-state index contributed by atoms with van der Waals surface area (Å²) in [6.45, 7) is 5.88. The SMILES string of the molecule is CCCNC(c1cncnc1)C1CN(C)CCO1. The number of ether oxygens (including phenoxy) is 1. The molecule has 1 saturated heterocycles. The van der Waals surface area contributed by atoms with Crippen molar-refractivity contribution in [2.45, 2.75) is 25.5 Å². The highest BCUT2D eigenvalue weighted by Gasteiger charge is 2.27. The molecule has 100 valence electrons. The van der Waals surface area contributed by atoms with Crippen LogP contribution in [0.3, 0.4) is 0 Å². The summed E-state index contributed by atoms with van der Waals surface area (Å²) in [7, 11) is 2.13. The van der Waals surface area contributed by atoms with Crippen molar-refractivity contribution >= 4 is 0 Å². The number of likely N-dealkylation sites (N-methyl/N-ethyl adjacent to an activating group) is 1. The van der Waals surface area contributed by atoms with E-state index in [1.807, 2.05) is 12.4 Å². The van der Waals surface area contributed by atoms with Crippen molar-refractivity contribution in [3.05, 3.63) is 24.3 Å². The van der Waals surface area contributed by atoms with Crippen molar-refractivity contribution in [3.63, 3.8) is 0 Å². The van der Waals surface area contributed by atoms with Crippen LogP contribution in [0, 0.1) is 0 Å². The molecule has 0 radical (unpaired) electrons. The quantitative estimate of drug-likeness (QED) is 0.839. The number of aromatic nitrogens is 2. The predicted octanol–water partition coefficient (Wildman–Crippen LogP) is 0.848. The van der Waals surface area contributed by atoms with Gasteiger partial charge in [-0.15, -0.1) is 0 Å². The molecule has 0 saturated carbocycles. The average molecular weight is 250 g/mol. The van der Waals surface area contributed by atoms with Gasteiger partial charge in [0.15, 0.2) is 0 Å². The molecule has 2 unspecified atom stereocenters. The van der Waals surface area contributed by atoms with E-state index in [0.717, 1.165) is 38.2 Å². The van der Waals surface area contributed by atoms with Gasteiger partial charge in [0.05, 0.1) is 18.8 Å². The highest BCUT2D eigenvalue weighted by atomic mass is 16.5. The third-order valence-electron chi connectivity index (χ3n) is 3.22. The lowest BCUT2D eigenvalue weighted by Crippen LogP contribution is -2.46. The monoisotopic (exact) mass is 250 g/mol. The Kier molecular flexibility index (Phi) is 5.04. The molecule has 1 aliphatic rings. The van der Waals surface area contributed by atoms with Crippen LogP contribution in [0.2, 0.25) is 0 Å². The van der Waals surface area contributed by atoms with Crippen molar-refractivity contribution in [1.29, 1.82) is 0 Å². The van der Waals surface area contributed by atoms with Crippen LogP contribution in [0.4, 0.5) is 0 Å². The van der Waals surface area contributed by atoms with Gasteiger partial charge in [-0.25, -0.2) is 9.97 Å². The Balaban J connectivity index is 2.09. The number of morpholine rings is 1. The zero-order chi connectivity index (χ0) is 12.8. The number of rotatable bonds is 5. The van der Waals surface area contributed by atoms with Crippen LogP contribution in [0.25, 0.3) is 0 Å². The van der Waals surface area contributed by atoms with Gasteiger partial charge >= 0.3 is 0 Å². The molecule has 0 bridgehead atoms. The summed E-state index contributed by atoms with van der Waals surface area (Å²) in [5.74, 6) is 0. The fraction of sp³-hybridized carbons (Fsp3) is 0.692. The summed E-state index contributed by atoms with van der Waals surface area (Å²) >= 11 is 0. The van der Waals surface area contributed by atoms with Crippen LogP contribution >= 0.6 is 0 Å². The van der Waals surface area contributed by atoms with Crippen LogP contribution in [0.5, 0.6) is 0 Å². The zero-order valence-electron chi connectivity index (χ0n) is 11.2. The lowest BCUT2D eigenvalue weighted by molar-refractivity contribution is -0.0393. The molecule has 1 fully saturated rings. The molecular formula is C13H22N4O. The second-order valence-electron chi connectivity index (χ2n) is 4.78. The molecule has 1 aromatic heterocycles. The zero-order valence-corrected chi connectivity index (χ0v) is 11.2. The van der Waals surface area contributed by atoms with E-state index in [4.69, 9.17) is 4.74 Å². The Morgan fingerprint density at radius 3 is 2.94 bits per heavy atom. The number of nitrogens with one attached hydrogen (secondary N) is 1. The molecule has 5 heteroatoms. The largest absolute Gasteiger partial charge is 0.374 e. The summed E-state index contributed by atoms with van der Waals surface area (Å²) in [4.78, 5) is 10.5. The van der Waals surface area contributed by atoms with Gasteiger partial charge in [-0.3, -0.25) is 0 Å². The van der Waals surface area contributed by atoms with E-state index in [1.54, 1.807) is 6.33 Å². The van der Waals surface area contributed by atoms with E-state index in [-0.39, 0.29) is 12.1 Å². The summed E-state index contributed by atoms with van der Waals surface area (Å²) in [6.07, 6.45) is 6.58. The van der Waals surface area contributed by atoms with Gasteiger partial charge in [0, 0.05) is 31.0 Å². The minimum Gasteiger partial charge on any atom is -0.374 e. The van der Waals surface area contributed by atoms with E-state index in [0.29, 0.717) is 0 Å². The van der Waals surface area contributed by atoms with Crippen molar-refractivity contribution < 1.29 is 4.74 Å². The summed E-state index contributed by atoms with van der Waals surface area (Å²) in [5, 5.41) is 3.54. The van der Waals surface area contributed by atoms with Gasteiger partial charge in [0.2, 0.25) is 0 Å². The Hall–Kier alpha value is -1.04. The molecule has 0 amide bonds. The first kappa shape index (κ1) is 13.4. The highest BCUT2D eigenvalue weighted by Crippen LogP contribution is 2.20. The Labute approximate surface area is 109 Å². The van der Waals surface area contributed by atoms with Crippen molar-refractivity contribution in [2.75, 3.05) is 33.3 Å². The molecule has 1 N–H and O–H groups in total. The molecule has 0 spiro atoms. The fourth-order valence-electron chi connectivity index (χ4n) is 2.25. The molecule has 2 heterocycles. The van der Waals surface area contributed by atoms with Gasteiger partial charge in [-0.2, -0.15) is 0 Å². The fourth-order valence-corrected chi connectivity index (χ4v) is 2.25. The highest BCUT2D eigenvalue weighted by molar-refractivity contribution is 5.12. The maximum absolute atomic E-state index is 5.90. The molecule has 0 aromatic carbocycles. The molecule has 5 nitrogen and oxygen atoms in total. The summed E-state index contributed by atoms with van der Waals surface area (Å²) in [6, 6.07) is 0.175. The first-order valence-corrected chi connectivity index (χ1v) is 6.59. The Bertz CT molecular complexity index is 346. The molecule has 18 heavy (non-hydrogen) atoms. The third-order valence-corrected chi connectivity index (χ3v) is 3.22. The third kappa shape index (κ3) is 3.48. The van der Waals surface area contributed by atoms with Crippen molar-refractivity contribution in [2.24, 2.45) is 0 Å². The van der Waals surface area contributed by atoms with E-state index in [9.17, 15) is 0 Å². The normalized spacial score (nSPS) is 22.9. The predicted molar refractivity (Wildman–Crippen MR) is 70.3 cm³/mol. The number of hydrogen-bond donors (Lipinski definition) is 1. The van der Waals surface area contributed by atoms with Crippen LogP contribution in [-0.2, 0) is 4.74 Å². The second kappa shape index (κ2) is 6.78. The number of nitrogens with zero attached hydrogens (tertiary/aromatic N) is 3. The molecule has 1 aromatic rings. The lowest BCUT2D eigenvalue weighted by atomic mass is 10.0. The van der Waals surface area contributed by atoms with Gasteiger partial charge in [-0.1, -0.05) is 6.92 Å². The van der Waals surface area contributed by atoms with Crippen molar-refractivity contribution in [1.82, 2.24) is 20.2 Å². The maximum Gasteiger partial charge on any atom is 0.115 e. The smallest absolute Gasteiger partial charge is 0.115 e. The van der Waals surface area contributed by atoms with Crippen molar-refractivity contribution in [3.8, 4) is 0 Å². The summed E-state index contributed by atoms with van der Waals surface area (Å²) in [5.41, 5.74) is 1.10. The van der Waals surface area contributed by atoms with E-state index in [2.05, 4.69) is 34.2 Å². The maximum atomic E-state index is 5.90. The lowest BCUT2D eigenvalue weighted by Gasteiger charge is -2.35. The first-order chi connectivity index (χ1) is 8.81. The van der Waals surface area contributed by atoms with E-state index in [1.165, 1.54) is 0 Å². The first-order valence-electron chi connectivity index (χ1n) is 6.59. The molecule has 2 rings (SSSR count). The Morgan fingerprint density at radius 2 is 2.28 bits per heavy atom. The molecular weight excluding hydrogens is 228 g/mol. The second-order valence-corrected chi connectivity index (χ2v) is 4.78.